The van der Waals surface area contributed by atoms with Crippen molar-refractivity contribution in [2.24, 2.45) is 5.73 Å². The zero-order chi connectivity index (χ0) is 33.8. The lowest BCUT2D eigenvalue weighted by Crippen LogP contribution is -2.54. The number of phenols is 1. The van der Waals surface area contributed by atoms with Crippen LogP contribution in [0, 0.1) is 0 Å². The molecule has 2 aromatic carbocycles. The highest BCUT2D eigenvalue weighted by Gasteiger charge is 2.27. The smallest absolute Gasteiger partial charge is 0.326 e. The number of carbonyl (C=O) groups excluding carboxylic acids is 4. The second-order valence-corrected chi connectivity index (χ2v) is 9.57. The van der Waals surface area contributed by atoms with Crippen LogP contribution in [0.25, 0.3) is 0 Å². The Bertz CT molecular complexity index is 1390. The number of nitrogens with one attached hydrogen (secondary N) is 4. The molecule has 0 fully saturated rings. The van der Waals surface area contributed by atoms with Crippen LogP contribution >= 0.6 is 11.8 Å². The molecule has 2 rings (SSSR count). The van der Waals surface area contributed by atoms with Crippen molar-refractivity contribution in [1.29, 1.82) is 0 Å². The first-order valence-electron chi connectivity index (χ1n) is 14.6. The van der Waals surface area contributed by atoms with Crippen LogP contribution in [-0.2, 0) is 36.8 Å². The Hall–Kier alpha value is -4.10. The van der Waals surface area contributed by atoms with Gasteiger partial charge in [-0.3, -0.25) is 19.2 Å². The molecule has 0 aliphatic carbocycles. The van der Waals surface area contributed by atoms with Gasteiger partial charge in [-0.25, -0.2) is 4.79 Å². The van der Waals surface area contributed by atoms with Gasteiger partial charge < -0.3 is 37.2 Å². The summed E-state index contributed by atoms with van der Waals surface area (Å²) in [6.45, 7) is -1.20. The lowest BCUT2D eigenvalue weighted by Gasteiger charge is -2.22. The molecule has 0 radical (unpaired) electrons. The first-order chi connectivity index (χ1) is 21.2. The molecule has 0 heterocycles. The van der Waals surface area contributed by atoms with Gasteiger partial charge in [-0.05, 0) is 48.1 Å². The molecule has 8 N–H and O–H groups in total. The van der Waals surface area contributed by atoms with Gasteiger partial charge in [0.25, 0.3) is 0 Å². The molecule has 0 spiro atoms. The van der Waals surface area contributed by atoms with E-state index in [0.717, 1.165) is 0 Å². The third-order valence-electron chi connectivity index (χ3n) is 5.43. The lowest BCUT2D eigenvalue weighted by molar-refractivity contribution is -0.142. The SMILES string of the molecule is [2H]c1c([2H])c([2H])c(C[C@H](NC(=O)CNC(=O)CNC(=O)[C@@H](N)Cc2ccc(O)cc2)C(=O)N[C@@H](CCSC)C(=O)O)c([2H])c1[2H]. The van der Waals surface area contributed by atoms with Crippen molar-refractivity contribution in [2.45, 2.75) is 37.4 Å². The molecule has 2 aromatic rings. The van der Waals surface area contributed by atoms with E-state index in [1.165, 1.54) is 23.9 Å². The first-order valence-corrected chi connectivity index (χ1v) is 13.5. The van der Waals surface area contributed by atoms with E-state index < -0.39 is 97.4 Å². The highest BCUT2D eigenvalue weighted by atomic mass is 32.2. The Balaban J connectivity index is 2.07. The molecule has 4 amide bonds. The fourth-order valence-corrected chi connectivity index (χ4v) is 3.79. The summed E-state index contributed by atoms with van der Waals surface area (Å²) in [7, 11) is 0. The number of phenolic OH excluding ortho intramolecular Hbond substituents is 1. The van der Waals surface area contributed by atoms with Crippen molar-refractivity contribution in [1.82, 2.24) is 21.3 Å². The highest BCUT2D eigenvalue weighted by Crippen LogP contribution is 2.11. The van der Waals surface area contributed by atoms with Crippen molar-refractivity contribution in [2.75, 3.05) is 25.1 Å². The number of carboxylic acids is 1. The maximum Gasteiger partial charge on any atom is 0.326 e. The molecule has 0 aromatic heterocycles. The van der Waals surface area contributed by atoms with E-state index in [0.29, 0.717) is 11.3 Å². The molecule has 0 bridgehead atoms. The minimum absolute atomic E-state index is 0.0501. The van der Waals surface area contributed by atoms with E-state index in [1.54, 1.807) is 18.4 Å². The number of hydrogen-bond donors (Lipinski definition) is 7. The summed E-state index contributed by atoms with van der Waals surface area (Å²) in [5.41, 5.74) is 6.26. The van der Waals surface area contributed by atoms with Gasteiger partial charge in [0.05, 0.1) is 26.0 Å². The number of carboxylic acid groups (broad SMARTS) is 1. The third kappa shape index (κ3) is 11.7. The Morgan fingerprint density at radius 2 is 1.52 bits per heavy atom. The molecule has 0 unspecified atom stereocenters. The number of thioether (sulfide) groups is 1. The first kappa shape index (κ1) is 24.9. The minimum atomic E-state index is -1.58. The summed E-state index contributed by atoms with van der Waals surface area (Å²) in [5, 5.41) is 28.1. The van der Waals surface area contributed by atoms with Gasteiger partial charge in [0.2, 0.25) is 23.6 Å². The summed E-state index contributed by atoms with van der Waals surface area (Å²) in [5.74, 6) is -4.21. The van der Waals surface area contributed by atoms with Crippen LogP contribution in [0.4, 0.5) is 0 Å². The second-order valence-electron chi connectivity index (χ2n) is 8.58. The fraction of sp³-hybridized carbons (Fsp3) is 0.370. The monoisotopic (exact) mass is 578 g/mol. The van der Waals surface area contributed by atoms with Crippen molar-refractivity contribution in [3.05, 3.63) is 65.6 Å². The quantitative estimate of drug-likeness (QED) is 0.138. The minimum Gasteiger partial charge on any atom is -0.508 e. The van der Waals surface area contributed by atoms with Gasteiger partial charge in [0, 0.05) is 6.42 Å². The largest absolute Gasteiger partial charge is 0.508 e. The van der Waals surface area contributed by atoms with Crippen molar-refractivity contribution >= 4 is 41.4 Å². The van der Waals surface area contributed by atoms with E-state index in [1.807, 2.05) is 0 Å². The highest BCUT2D eigenvalue weighted by molar-refractivity contribution is 7.98. The van der Waals surface area contributed by atoms with Gasteiger partial charge in [0.15, 0.2) is 0 Å². The average Bonchev–Trinajstić information content (AvgIpc) is 3.01. The molecule has 13 heteroatoms. The number of carbonyl (C=O) groups is 5. The van der Waals surface area contributed by atoms with Gasteiger partial charge in [-0.1, -0.05) is 42.3 Å². The van der Waals surface area contributed by atoms with E-state index in [9.17, 15) is 34.2 Å². The predicted octanol–water partition coefficient (Wildman–Crippen LogP) is -0.456. The van der Waals surface area contributed by atoms with Gasteiger partial charge in [-0.15, -0.1) is 0 Å². The third-order valence-corrected chi connectivity index (χ3v) is 6.08. The van der Waals surface area contributed by atoms with Crippen molar-refractivity contribution in [3.8, 4) is 5.75 Å². The standard InChI is InChI=1S/C27H35N5O7S/c1-40-12-11-21(27(38)39)32-26(37)22(14-17-5-3-2-4-6-17)31-24(35)16-29-23(34)15-30-25(36)20(28)13-18-7-9-19(33)10-8-18/h2-10,20-22,33H,11-16,28H2,1H3,(H,29,34)(H,30,36)(H,31,35)(H,32,37)(H,38,39)/t20-,21-,22-/m0/s1/i2D,3D,4D,5D,6D. The van der Waals surface area contributed by atoms with Crippen LogP contribution in [0.15, 0.2) is 54.5 Å². The van der Waals surface area contributed by atoms with Crippen LogP contribution in [0.2, 0.25) is 0 Å². The summed E-state index contributed by atoms with van der Waals surface area (Å²) in [6, 6.07) is -1.02. The zero-order valence-corrected chi connectivity index (χ0v) is 22.5. The Morgan fingerprint density at radius 3 is 2.15 bits per heavy atom. The molecule has 40 heavy (non-hydrogen) atoms. The summed E-state index contributed by atoms with van der Waals surface area (Å²) >= 11 is 1.35. The van der Waals surface area contributed by atoms with E-state index >= 15 is 0 Å². The number of nitrogens with two attached hydrogens (primary N) is 1. The van der Waals surface area contributed by atoms with E-state index in [2.05, 4.69) is 21.3 Å². The average molecular weight is 579 g/mol. The lowest BCUT2D eigenvalue weighted by atomic mass is 10.0. The van der Waals surface area contributed by atoms with Gasteiger partial charge >= 0.3 is 5.97 Å². The van der Waals surface area contributed by atoms with Crippen molar-refractivity contribution < 1.29 is 41.0 Å². The number of benzene rings is 2. The van der Waals surface area contributed by atoms with E-state index in [4.69, 9.17) is 12.6 Å². The molecular formula is C27H35N5O7S. The Kier molecular flexibility index (Phi) is 10.4. The predicted molar refractivity (Wildman–Crippen MR) is 150 cm³/mol. The normalized spacial score (nSPS) is 14.6. The summed E-state index contributed by atoms with van der Waals surface area (Å²) < 4.78 is 39.8. The maximum absolute atomic E-state index is 13.1. The van der Waals surface area contributed by atoms with E-state index in [-0.39, 0.29) is 24.2 Å². The van der Waals surface area contributed by atoms with Crippen molar-refractivity contribution in [3.63, 3.8) is 0 Å². The Labute approximate surface area is 243 Å². The van der Waals surface area contributed by atoms with Crippen LogP contribution in [0.5, 0.6) is 5.75 Å². The van der Waals surface area contributed by atoms with Crippen LogP contribution in [0.3, 0.4) is 0 Å². The molecule has 12 nitrogen and oxygen atoms in total. The van der Waals surface area contributed by atoms with Crippen LogP contribution < -0.4 is 27.0 Å². The Morgan fingerprint density at radius 1 is 0.875 bits per heavy atom. The number of rotatable bonds is 16. The second kappa shape index (κ2) is 16.8. The van der Waals surface area contributed by atoms with Crippen LogP contribution in [-0.4, -0.2) is 83.0 Å². The van der Waals surface area contributed by atoms with Crippen LogP contribution in [0.1, 0.15) is 24.4 Å². The molecular weight excluding hydrogens is 538 g/mol. The number of aromatic hydroxyl groups is 1. The zero-order valence-electron chi connectivity index (χ0n) is 26.7. The van der Waals surface area contributed by atoms with Gasteiger partial charge in [0.1, 0.15) is 17.8 Å². The molecule has 0 aliphatic heterocycles. The number of hydrogen-bond acceptors (Lipinski definition) is 8. The molecule has 3 atom stereocenters. The number of amides is 4. The molecule has 0 saturated carbocycles. The molecule has 0 saturated heterocycles. The fourth-order valence-electron chi connectivity index (χ4n) is 3.32. The molecule has 0 aliphatic rings. The topological polar surface area (TPSA) is 200 Å². The summed E-state index contributed by atoms with van der Waals surface area (Å²) in [4.78, 5) is 62.1. The molecule has 216 valence electrons. The van der Waals surface area contributed by atoms with Gasteiger partial charge in [-0.2, -0.15) is 11.8 Å². The maximum atomic E-state index is 13.1. The summed E-state index contributed by atoms with van der Waals surface area (Å²) in [6.07, 6.45) is 1.35. The number of aliphatic carboxylic acids is 1.